The summed E-state index contributed by atoms with van der Waals surface area (Å²) in [6, 6.07) is 3.58. The minimum atomic E-state index is -1.07. The molecule has 1 saturated carbocycles. The standard InChI is InChI=1S/C21H20F2N6OS2/c1-4-29(2)17-15(23)18(31-3)14(10-8-24-28-16(10)17)12-5-6-13-20(25-12)32-21(26-13)27-19(30)9-7-11(9)22/h5-6,8-9,11H,4,7H2,1-3H3,(H,24,28)(H,26,27,30). The molecule has 3 heterocycles. The Kier molecular flexibility index (Phi) is 5.25. The van der Waals surface area contributed by atoms with Crippen molar-refractivity contribution < 1.29 is 13.6 Å². The van der Waals surface area contributed by atoms with Crippen molar-refractivity contribution in [3.05, 3.63) is 24.1 Å². The molecular weight excluding hydrogens is 454 g/mol. The van der Waals surface area contributed by atoms with E-state index >= 15 is 4.39 Å². The lowest BCUT2D eigenvalue weighted by Gasteiger charge is -2.21. The van der Waals surface area contributed by atoms with Gasteiger partial charge < -0.3 is 10.2 Å². The Labute approximate surface area is 190 Å². The van der Waals surface area contributed by atoms with Crippen LogP contribution in [0.2, 0.25) is 0 Å². The number of fused-ring (bicyclic) bond motifs is 2. The molecule has 1 fully saturated rings. The molecule has 0 aliphatic heterocycles. The third kappa shape index (κ3) is 3.39. The molecule has 1 aliphatic rings. The number of pyridine rings is 1. The Hall–Kier alpha value is -2.79. The van der Waals surface area contributed by atoms with Gasteiger partial charge in [-0.2, -0.15) is 5.10 Å². The third-order valence-corrected chi connectivity index (χ3v) is 7.30. The summed E-state index contributed by atoms with van der Waals surface area (Å²) in [5, 5.41) is 10.9. The van der Waals surface area contributed by atoms with Gasteiger partial charge in [0.25, 0.3) is 0 Å². The average Bonchev–Trinajstić information content (AvgIpc) is 3.15. The second-order valence-electron chi connectivity index (χ2n) is 7.63. The molecule has 11 heteroatoms. The van der Waals surface area contributed by atoms with Gasteiger partial charge in [-0.3, -0.25) is 9.89 Å². The summed E-state index contributed by atoms with van der Waals surface area (Å²) < 4.78 is 28.8. The smallest absolute Gasteiger partial charge is 0.232 e. The maximum absolute atomic E-state index is 15.6. The van der Waals surface area contributed by atoms with E-state index < -0.39 is 12.1 Å². The Morgan fingerprint density at radius 1 is 1.41 bits per heavy atom. The van der Waals surface area contributed by atoms with E-state index in [1.165, 1.54) is 23.1 Å². The molecule has 0 spiro atoms. The molecule has 5 rings (SSSR count). The maximum Gasteiger partial charge on any atom is 0.232 e. The maximum atomic E-state index is 15.6. The Bertz CT molecular complexity index is 1350. The van der Waals surface area contributed by atoms with Gasteiger partial charge >= 0.3 is 0 Å². The zero-order valence-corrected chi connectivity index (χ0v) is 19.2. The highest BCUT2D eigenvalue weighted by atomic mass is 32.2. The molecule has 0 bridgehead atoms. The number of nitrogens with zero attached hydrogens (tertiary/aromatic N) is 4. The highest BCUT2D eigenvalue weighted by Crippen LogP contribution is 2.43. The van der Waals surface area contributed by atoms with E-state index in [0.29, 0.717) is 49.4 Å². The van der Waals surface area contributed by atoms with E-state index in [4.69, 9.17) is 4.98 Å². The number of amides is 1. The van der Waals surface area contributed by atoms with Gasteiger partial charge in [-0.1, -0.05) is 11.3 Å². The average molecular weight is 475 g/mol. The molecule has 1 aliphatic carbocycles. The lowest BCUT2D eigenvalue weighted by Crippen LogP contribution is -2.18. The minimum absolute atomic E-state index is 0.256. The number of benzene rings is 1. The van der Waals surface area contributed by atoms with Crippen LogP contribution < -0.4 is 10.2 Å². The number of rotatable bonds is 6. The minimum Gasteiger partial charge on any atom is -0.371 e. The van der Waals surface area contributed by atoms with Crippen molar-refractivity contribution in [3.63, 3.8) is 0 Å². The number of carbonyl (C=O) groups excluding carboxylic acids is 1. The Balaban J connectivity index is 1.61. The molecule has 4 aromatic rings. The van der Waals surface area contributed by atoms with Crippen LogP contribution in [0, 0.1) is 11.7 Å². The number of carbonyl (C=O) groups is 1. The summed E-state index contributed by atoms with van der Waals surface area (Å²) in [7, 11) is 1.84. The van der Waals surface area contributed by atoms with Crippen molar-refractivity contribution in [3.8, 4) is 11.3 Å². The zero-order valence-electron chi connectivity index (χ0n) is 17.6. The van der Waals surface area contributed by atoms with Crippen LogP contribution in [0.1, 0.15) is 13.3 Å². The predicted molar refractivity (Wildman–Crippen MR) is 125 cm³/mol. The number of thiazole rings is 1. The normalized spacial score (nSPS) is 17.8. The van der Waals surface area contributed by atoms with Crippen molar-refractivity contribution in [2.24, 2.45) is 5.92 Å². The van der Waals surface area contributed by atoms with Gasteiger partial charge in [-0.15, -0.1) is 11.8 Å². The fraction of sp³-hybridized carbons (Fsp3) is 0.333. The van der Waals surface area contributed by atoms with E-state index in [9.17, 15) is 9.18 Å². The quantitative estimate of drug-likeness (QED) is 0.389. The largest absolute Gasteiger partial charge is 0.371 e. The van der Waals surface area contributed by atoms with Crippen LogP contribution in [-0.2, 0) is 4.79 Å². The van der Waals surface area contributed by atoms with Crippen LogP contribution in [0.3, 0.4) is 0 Å². The van der Waals surface area contributed by atoms with E-state index in [1.807, 2.05) is 25.1 Å². The van der Waals surface area contributed by atoms with Crippen LogP contribution in [0.4, 0.5) is 19.6 Å². The lowest BCUT2D eigenvalue weighted by atomic mass is 10.0. The second kappa shape index (κ2) is 7.96. The number of H-pyrrole nitrogens is 1. The fourth-order valence-electron chi connectivity index (χ4n) is 3.71. The van der Waals surface area contributed by atoms with Crippen LogP contribution in [0.25, 0.3) is 32.5 Å². The van der Waals surface area contributed by atoms with Crippen LogP contribution in [0.5, 0.6) is 0 Å². The number of alkyl halides is 1. The Morgan fingerprint density at radius 2 is 2.19 bits per heavy atom. The topological polar surface area (TPSA) is 86.8 Å². The summed E-state index contributed by atoms with van der Waals surface area (Å²) in [6.07, 6.45) is 2.70. The number of nitrogens with one attached hydrogen (secondary N) is 2. The first kappa shape index (κ1) is 21.1. The number of anilines is 2. The molecule has 3 aromatic heterocycles. The summed E-state index contributed by atoms with van der Waals surface area (Å²) in [4.78, 5) is 24.1. The Morgan fingerprint density at radius 3 is 2.88 bits per heavy atom. The van der Waals surface area contributed by atoms with Gasteiger partial charge in [0.05, 0.1) is 33.9 Å². The number of halogens is 2. The third-order valence-electron chi connectivity index (χ3n) is 5.63. The zero-order chi connectivity index (χ0) is 22.6. The molecule has 7 nitrogen and oxygen atoms in total. The molecule has 2 atom stereocenters. The number of thioether (sulfide) groups is 1. The summed E-state index contributed by atoms with van der Waals surface area (Å²) in [6.45, 7) is 2.60. The predicted octanol–water partition coefficient (Wildman–Crippen LogP) is 4.85. The summed E-state index contributed by atoms with van der Waals surface area (Å²) in [5.41, 5.74) is 2.95. The lowest BCUT2D eigenvalue weighted by molar-refractivity contribution is -0.117. The fourth-order valence-corrected chi connectivity index (χ4v) is 5.25. The first-order valence-electron chi connectivity index (χ1n) is 10.1. The van der Waals surface area contributed by atoms with Gasteiger partial charge in [-0.25, -0.2) is 18.7 Å². The van der Waals surface area contributed by atoms with Crippen LogP contribution >= 0.6 is 23.1 Å². The number of hydrogen-bond acceptors (Lipinski definition) is 7. The van der Waals surface area contributed by atoms with Crippen molar-refractivity contribution in [2.45, 2.75) is 24.4 Å². The number of aromatic nitrogens is 4. The first-order valence-corrected chi connectivity index (χ1v) is 12.1. The van der Waals surface area contributed by atoms with Crippen LogP contribution in [0.15, 0.2) is 23.2 Å². The first-order chi connectivity index (χ1) is 15.4. The SMILES string of the molecule is CCN(C)c1c(F)c(SC)c(-c2ccc3nc(NC(=O)C4CC4F)sc3n2)c2cn[nH]c12. The van der Waals surface area contributed by atoms with E-state index in [0.717, 1.165) is 5.39 Å². The van der Waals surface area contributed by atoms with Gasteiger partial charge in [-0.05, 0) is 31.7 Å². The highest BCUT2D eigenvalue weighted by Gasteiger charge is 2.43. The van der Waals surface area contributed by atoms with Crippen LogP contribution in [-0.4, -0.2) is 52.1 Å². The van der Waals surface area contributed by atoms with E-state index in [1.54, 1.807) is 18.3 Å². The van der Waals surface area contributed by atoms with E-state index in [2.05, 4.69) is 20.5 Å². The molecule has 1 aromatic carbocycles. The van der Waals surface area contributed by atoms with Crippen molar-refractivity contribution >= 4 is 61.1 Å². The van der Waals surface area contributed by atoms with Crippen molar-refractivity contribution in [1.82, 2.24) is 20.2 Å². The van der Waals surface area contributed by atoms with E-state index in [-0.39, 0.29) is 18.1 Å². The molecule has 0 radical (unpaired) electrons. The highest BCUT2D eigenvalue weighted by molar-refractivity contribution is 7.98. The van der Waals surface area contributed by atoms with Gasteiger partial charge in [0.2, 0.25) is 5.91 Å². The summed E-state index contributed by atoms with van der Waals surface area (Å²) >= 11 is 2.53. The monoisotopic (exact) mass is 474 g/mol. The van der Waals surface area contributed by atoms with Gasteiger partial charge in [0, 0.05) is 24.5 Å². The van der Waals surface area contributed by atoms with Gasteiger partial charge in [0.15, 0.2) is 10.9 Å². The molecule has 2 N–H and O–H groups in total. The molecule has 166 valence electrons. The molecule has 1 amide bonds. The second-order valence-corrected chi connectivity index (χ2v) is 9.42. The molecule has 2 unspecified atom stereocenters. The molecule has 32 heavy (non-hydrogen) atoms. The number of hydrogen-bond donors (Lipinski definition) is 2. The summed E-state index contributed by atoms with van der Waals surface area (Å²) in [5.74, 6) is -1.27. The van der Waals surface area contributed by atoms with Crippen molar-refractivity contribution in [1.29, 1.82) is 0 Å². The number of aromatic amines is 1. The molecular formula is C21H20F2N6OS2. The van der Waals surface area contributed by atoms with Crippen molar-refractivity contribution in [2.75, 3.05) is 30.1 Å². The molecule has 0 saturated heterocycles. The van der Waals surface area contributed by atoms with Gasteiger partial charge in [0.1, 0.15) is 16.5 Å².